The van der Waals surface area contributed by atoms with Crippen LogP contribution in [0.15, 0.2) is 12.1 Å². The summed E-state index contributed by atoms with van der Waals surface area (Å²) in [6, 6.07) is 5.34. The third-order valence-electron chi connectivity index (χ3n) is 1.94. The Morgan fingerprint density at radius 1 is 1.36 bits per heavy atom. The van der Waals surface area contributed by atoms with Crippen LogP contribution in [0, 0.1) is 6.07 Å². The molecule has 1 radical (unpaired) electrons. The Kier molecular flexibility index (Phi) is 1.60. The van der Waals surface area contributed by atoms with Crippen molar-refractivity contribution in [3.05, 3.63) is 34.9 Å². The summed E-state index contributed by atoms with van der Waals surface area (Å²) in [6.45, 7) is 0. The summed E-state index contributed by atoms with van der Waals surface area (Å²) in [5.74, 6) is -1.89. The average molecular weight is 189 g/mol. The molecule has 0 saturated carbocycles. The second-order valence-electron chi connectivity index (χ2n) is 2.79. The number of benzene rings is 1. The monoisotopic (exact) mass is 189 g/mol. The molecule has 0 spiro atoms. The minimum atomic E-state index is -0.772. The fourth-order valence-electron chi connectivity index (χ4n) is 1.35. The van der Waals surface area contributed by atoms with Gasteiger partial charge in [0.15, 0.2) is 0 Å². The van der Waals surface area contributed by atoms with E-state index in [0.717, 1.165) is 0 Å². The highest BCUT2D eigenvalue weighted by Gasteiger charge is 2.30. The largest absolute Gasteiger partial charge is 0.366 e. The van der Waals surface area contributed by atoms with Crippen LogP contribution >= 0.6 is 0 Å². The van der Waals surface area contributed by atoms with Gasteiger partial charge in [0, 0.05) is 0 Å². The first-order valence-electron chi connectivity index (χ1n) is 3.81. The van der Waals surface area contributed by atoms with Gasteiger partial charge in [-0.25, -0.2) is 0 Å². The third kappa shape index (κ3) is 0.990. The van der Waals surface area contributed by atoms with E-state index in [0.29, 0.717) is 0 Å². The second-order valence-corrected chi connectivity index (χ2v) is 2.79. The molecular formula is C9H5N2O3. The number of fused-ring (bicyclic) bond motifs is 1. The Bertz CT molecular complexity index is 465. The molecule has 0 atom stereocenters. The fraction of sp³-hybridized carbons (Fsp3) is 0. The van der Waals surface area contributed by atoms with Gasteiger partial charge in [-0.2, -0.15) is 0 Å². The molecule has 1 aromatic carbocycles. The molecule has 0 aromatic heterocycles. The maximum atomic E-state index is 11.2. The molecule has 3 N–H and O–H groups in total. The van der Waals surface area contributed by atoms with Gasteiger partial charge in [0.1, 0.15) is 0 Å². The number of carbonyl (C=O) groups is 3. The zero-order valence-corrected chi connectivity index (χ0v) is 6.96. The Hall–Kier alpha value is -2.17. The third-order valence-corrected chi connectivity index (χ3v) is 1.94. The van der Waals surface area contributed by atoms with E-state index in [1.807, 2.05) is 0 Å². The molecule has 5 heteroatoms. The van der Waals surface area contributed by atoms with Crippen molar-refractivity contribution < 1.29 is 14.4 Å². The van der Waals surface area contributed by atoms with Crippen molar-refractivity contribution in [2.75, 3.05) is 0 Å². The van der Waals surface area contributed by atoms with E-state index in [4.69, 9.17) is 5.73 Å². The zero-order valence-electron chi connectivity index (χ0n) is 6.96. The van der Waals surface area contributed by atoms with Gasteiger partial charge >= 0.3 is 0 Å². The van der Waals surface area contributed by atoms with E-state index in [2.05, 4.69) is 11.4 Å². The van der Waals surface area contributed by atoms with Gasteiger partial charge in [-0.3, -0.25) is 19.7 Å². The molecule has 3 amide bonds. The summed E-state index contributed by atoms with van der Waals surface area (Å²) in [7, 11) is 0. The van der Waals surface area contributed by atoms with Crippen LogP contribution in [-0.2, 0) is 0 Å². The van der Waals surface area contributed by atoms with E-state index < -0.39 is 17.7 Å². The quantitative estimate of drug-likeness (QED) is 0.582. The van der Waals surface area contributed by atoms with Crippen LogP contribution in [0.3, 0.4) is 0 Å². The number of nitrogens with one attached hydrogen (secondary N) is 1. The van der Waals surface area contributed by atoms with Crippen molar-refractivity contribution in [3.63, 3.8) is 0 Å². The first-order chi connectivity index (χ1) is 6.61. The topological polar surface area (TPSA) is 89.3 Å². The van der Waals surface area contributed by atoms with Crippen molar-refractivity contribution in [2.45, 2.75) is 0 Å². The SMILES string of the molecule is NC(=O)c1[c]ccc2c1C(=O)NC2=O. The highest BCUT2D eigenvalue weighted by atomic mass is 16.2. The molecule has 2 rings (SSSR count). The van der Waals surface area contributed by atoms with Crippen LogP contribution in [0.4, 0.5) is 0 Å². The second kappa shape index (κ2) is 2.66. The molecule has 1 aliphatic heterocycles. The summed E-state index contributed by atoms with van der Waals surface area (Å²) < 4.78 is 0. The maximum absolute atomic E-state index is 11.2. The van der Waals surface area contributed by atoms with Gasteiger partial charge in [0.05, 0.1) is 16.7 Å². The molecule has 1 heterocycles. The molecule has 69 valence electrons. The van der Waals surface area contributed by atoms with Gasteiger partial charge in [-0.05, 0) is 12.1 Å². The summed E-state index contributed by atoms with van der Waals surface area (Å²) in [5, 5.41) is 2.07. The highest BCUT2D eigenvalue weighted by molar-refractivity contribution is 6.24. The Morgan fingerprint density at radius 2 is 2.07 bits per heavy atom. The molecule has 0 aliphatic carbocycles. The van der Waals surface area contributed by atoms with E-state index in [1.54, 1.807) is 0 Å². The highest BCUT2D eigenvalue weighted by Crippen LogP contribution is 2.18. The van der Waals surface area contributed by atoms with Gasteiger partial charge < -0.3 is 5.73 Å². The minimum Gasteiger partial charge on any atom is -0.366 e. The first kappa shape index (κ1) is 8.43. The lowest BCUT2D eigenvalue weighted by atomic mass is 10.0. The standard InChI is InChI=1S/C9H5N2O3/c10-7(12)4-2-1-3-5-6(4)9(14)11-8(5)13/h1,3H,(H2,10,12)(H,11,13,14). The zero-order chi connectivity index (χ0) is 10.3. The average Bonchev–Trinajstić information content (AvgIpc) is 2.43. The summed E-state index contributed by atoms with van der Waals surface area (Å²) >= 11 is 0. The van der Waals surface area contributed by atoms with Crippen LogP contribution in [-0.4, -0.2) is 17.7 Å². The molecule has 14 heavy (non-hydrogen) atoms. The van der Waals surface area contributed by atoms with Gasteiger partial charge in [-0.1, -0.05) is 6.07 Å². The number of hydrogen-bond donors (Lipinski definition) is 2. The lowest BCUT2D eigenvalue weighted by molar-refractivity contribution is 0.0874. The molecule has 0 unspecified atom stereocenters. The van der Waals surface area contributed by atoms with Crippen molar-refractivity contribution in [2.24, 2.45) is 5.73 Å². The molecule has 5 nitrogen and oxygen atoms in total. The molecule has 1 aliphatic rings. The molecule has 0 fully saturated rings. The molecular weight excluding hydrogens is 184 g/mol. The predicted molar refractivity (Wildman–Crippen MR) is 45.6 cm³/mol. The summed E-state index contributed by atoms with van der Waals surface area (Å²) in [4.78, 5) is 33.3. The number of nitrogens with two attached hydrogens (primary N) is 1. The summed E-state index contributed by atoms with van der Waals surface area (Å²) in [6.07, 6.45) is 0. The van der Waals surface area contributed by atoms with E-state index in [1.165, 1.54) is 12.1 Å². The normalized spacial score (nSPS) is 13.7. The van der Waals surface area contributed by atoms with Crippen molar-refractivity contribution in [1.82, 2.24) is 5.32 Å². The van der Waals surface area contributed by atoms with Crippen molar-refractivity contribution in [3.8, 4) is 0 Å². The summed E-state index contributed by atoms with van der Waals surface area (Å²) in [5.41, 5.74) is 5.17. The number of amides is 3. The smallest absolute Gasteiger partial charge is 0.259 e. The van der Waals surface area contributed by atoms with Crippen LogP contribution in [0.5, 0.6) is 0 Å². The number of hydrogen-bond acceptors (Lipinski definition) is 3. The van der Waals surface area contributed by atoms with Crippen LogP contribution in [0.1, 0.15) is 31.1 Å². The molecule has 1 aromatic rings. The Balaban J connectivity index is 2.74. The van der Waals surface area contributed by atoms with Crippen LogP contribution < -0.4 is 11.1 Å². The number of imide groups is 1. The number of rotatable bonds is 1. The maximum Gasteiger partial charge on any atom is 0.259 e. The Morgan fingerprint density at radius 3 is 2.71 bits per heavy atom. The van der Waals surface area contributed by atoms with Crippen LogP contribution in [0.2, 0.25) is 0 Å². The van der Waals surface area contributed by atoms with E-state index >= 15 is 0 Å². The van der Waals surface area contributed by atoms with Gasteiger partial charge in [-0.15, -0.1) is 0 Å². The minimum absolute atomic E-state index is 0.0185. The molecule has 0 bridgehead atoms. The van der Waals surface area contributed by atoms with Crippen molar-refractivity contribution >= 4 is 17.7 Å². The van der Waals surface area contributed by atoms with Crippen molar-refractivity contribution in [1.29, 1.82) is 0 Å². The van der Waals surface area contributed by atoms with E-state index in [-0.39, 0.29) is 16.7 Å². The Labute approximate surface area is 78.9 Å². The van der Waals surface area contributed by atoms with Crippen LogP contribution in [0.25, 0.3) is 0 Å². The predicted octanol–water partition coefficient (Wildman–Crippen LogP) is -0.531. The first-order valence-corrected chi connectivity index (χ1v) is 3.81. The lowest BCUT2D eigenvalue weighted by Crippen LogP contribution is -2.21. The lowest BCUT2D eigenvalue weighted by Gasteiger charge is -1.99. The van der Waals surface area contributed by atoms with E-state index in [9.17, 15) is 14.4 Å². The van der Waals surface area contributed by atoms with Gasteiger partial charge in [0.2, 0.25) is 5.91 Å². The fourth-order valence-corrected chi connectivity index (χ4v) is 1.35. The molecule has 0 saturated heterocycles. The number of primary amides is 1. The number of carbonyl (C=O) groups excluding carboxylic acids is 3. The van der Waals surface area contributed by atoms with Gasteiger partial charge in [0.25, 0.3) is 11.8 Å².